The Hall–Kier alpha value is -1.65. The van der Waals surface area contributed by atoms with Gasteiger partial charge in [0.25, 0.3) is 0 Å². The average Bonchev–Trinajstić information content (AvgIpc) is 3.19. The van der Waals surface area contributed by atoms with Gasteiger partial charge in [-0.05, 0) is 17.7 Å². The predicted octanol–water partition coefficient (Wildman–Crippen LogP) is 2.60. The minimum absolute atomic E-state index is 0.0383. The number of hydrogen-bond acceptors (Lipinski definition) is 3. The van der Waals surface area contributed by atoms with Gasteiger partial charge in [-0.15, -0.1) is 0 Å². The lowest BCUT2D eigenvalue weighted by Gasteiger charge is -2.01. The summed E-state index contributed by atoms with van der Waals surface area (Å²) < 4.78 is 29.8. The molecule has 1 saturated heterocycles. The third kappa shape index (κ3) is 2.69. The molecule has 98 valence electrons. The van der Waals surface area contributed by atoms with E-state index in [1.807, 2.05) is 30.3 Å². The number of sulfone groups is 1. The summed E-state index contributed by atoms with van der Waals surface area (Å²) in [6, 6.07) is 18.2. The van der Waals surface area contributed by atoms with E-state index in [0.29, 0.717) is 4.90 Å². The SMILES string of the molecule is O=S(=O)(CC1OC1c1ccccc1)c1ccccc1. The maximum atomic E-state index is 12.2. The van der Waals surface area contributed by atoms with Crippen LogP contribution in [-0.4, -0.2) is 20.3 Å². The van der Waals surface area contributed by atoms with Crippen LogP contribution < -0.4 is 0 Å². The van der Waals surface area contributed by atoms with Crippen LogP contribution >= 0.6 is 0 Å². The topological polar surface area (TPSA) is 46.7 Å². The molecule has 0 saturated carbocycles. The molecule has 1 fully saturated rings. The fraction of sp³-hybridized carbons (Fsp3) is 0.200. The minimum Gasteiger partial charge on any atom is -0.363 e. The molecule has 2 atom stereocenters. The Morgan fingerprint density at radius 1 is 0.895 bits per heavy atom. The fourth-order valence-corrected chi connectivity index (χ4v) is 3.60. The molecule has 0 spiro atoms. The molecule has 19 heavy (non-hydrogen) atoms. The number of rotatable bonds is 4. The highest BCUT2D eigenvalue weighted by Crippen LogP contribution is 2.39. The molecule has 0 radical (unpaired) electrons. The zero-order valence-corrected chi connectivity index (χ0v) is 11.1. The van der Waals surface area contributed by atoms with E-state index in [4.69, 9.17) is 4.74 Å². The molecule has 2 unspecified atom stereocenters. The van der Waals surface area contributed by atoms with Crippen LogP contribution in [-0.2, 0) is 14.6 Å². The number of epoxide rings is 1. The summed E-state index contributed by atoms with van der Waals surface area (Å²) in [6.07, 6.45) is -0.313. The summed E-state index contributed by atoms with van der Waals surface area (Å²) in [5, 5.41) is 0. The van der Waals surface area contributed by atoms with Crippen LogP contribution in [0.15, 0.2) is 65.6 Å². The third-order valence-electron chi connectivity index (χ3n) is 3.20. The van der Waals surface area contributed by atoms with Crippen LogP contribution in [0.5, 0.6) is 0 Å². The minimum atomic E-state index is -3.26. The van der Waals surface area contributed by atoms with Crippen molar-refractivity contribution in [3.05, 3.63) is 66.2 Å². The van der Waals surface area contributed by atoms with E-state index < -0.39 is 9.84 Å². The number of ether oxygens (including phenoxy) is 1. The van der Waals surface area contributed by atoms with Crippen molar-refractivity contribution >= 4 is 9.84 Å². The average molecular weight is 274 g/mol. The van der Waals surface area contributed by atoms with Crippen LogP contribution in [0.2, 0.25) is 0 Å². The monoisotopic (exact) mass is 274 g/mol. The summed E-state index contributed by atoms with van der Waals surface area (Å²) in [4.78, 5) is 0.359. The Bertz CT molecular complexity index is 650. The quantitative estimate of drug-likeness (QED) is 0.805. The van der Waals surface area contributed by atoms with Crippen LogP contribution in [0, 0.1) is 0 Å². The molecular formula is C15H14O3S. The Morgan fingerprint density at radius 2 is 1.47 bits per heavy atom. The molecule has 0 N–H and O–H groups in total. The van der Waals surface area contributed by atoms with Gasteiger partial charge in [0.15, 0.2) is 9.84 Å². The van der Waals surface area contributed by atoms with Gasteiger partial charge in [0.1, 0.15) is 12.2 Å². The van der Waals surface area contributed by atoms with Crippen molar-refractivity contribution in [2.75, 3.05) is 5.75 Å². The molecule has 3 nitrogen and oxygen atoms in total. The Morgan fingerprint density at radius 3 is 2.11 bits per heavy atom. The summed E-state index contributed by atoms with van der Waals surface area (Å²) in [5.74, 6) is 0.0383. The van der Waals surface area contributed by atoms with Crippen molar-refractivity contribution in [3.63, 3.8) is 0 Å². The molecule has 1 heterocycles. The maximum absolute atomic E-state index is 12.2. The molecule has 1 aliphatic rings. The normalized spacial score (nSPS) is 22.1. The van der Waals surface area contributed by atoms with Gasteiger partial charge in [-0.25, -0.2) is 8.42 Å². The van der Waals surface area contributed by atoms with Crippen molar-refractivity contribution in [2.24, 2.45) is 0 Å². The zero-order valence-electron chi connectivity index (χ0n) is 10.3. The van der Waals surface area contributed by atoms with Crippen molar-refractivity contribution < 1.29 is 13.2 Å². The first-order valence-corrected chi connectivity index (χ1v) is 7.80. The van der Waals surface area contributed by atoms with Crippen molar-refractivity contribution in [3.8, 4) is 0 Å². The lowest BCUT2D eigenvalue weighted by Crippen LogP contribution is -2.12. The van der Waals surface area contributed by atoms with Gasteiger partial charge in [-0.3, -0.25) is 0 Å². The van der Waals surface area contributed by atoms with E-state index in [1.54, 1.807) is 30.3 Å². The highest BCUT2D eigenvalue weighted by Gasteiger charge is 2.43. The zero-order chi connectivity index (χ0) is 13.3. The number of benzene rings is 2. The summed E-state index contributed by atoms with van der Waals surface area (Å²) in [5.41, 5.74) is 1.04. The smallest absolute Gasteiger partial charge is 0.181 e. The second kappa shape index (κ2) is 4.79. The predicted molar refractivity (Wildman–Crippen MR) is 72.6 cm³/mol. The standard InChI is InChI=1S/C15H14O3S/c16-19(17,13-9-5-2-6-10-13)11-14-15(18-14)12-7-3-1-4-8-12/h1-10,14-15H,11H2. The van der Waals surface area contributed by atoms with Crippen molar-refractivity contribution in [2.45, 2.75) is 17.1 Å². The van der Waals surface area contributed by atoms with Gasteiger partial charge < -0.3 is 4.74 Å². The maximum Gasteiger partial charge on any atom is 0.181 e. The highest BCUT2D eigenvalue weighted by molar-refractivity contribution is 7.91. The Balaban J connectivity index is 1.71. The van der Waals surface area contributed by atoms with E-state index in [-0.39, 0.29) is 18.0 Å². The van der Waals surface area contributed by atoms with Crippen LogP contribution in [0.3, 0.4) is 0 Å². The second-order valence-corrected chi connectivity index (χ2v) is 6.63. The molecule has 4 heteroatoms. The highest BCUT2D eigenvalue weighted by atomic mass is 32.2. The first-order chi connectivity index (χ1) is 9.17. The molecule has 0 bridgehead atoms. The Kier molecular flexibility index (Phi) is 3.12. The van der Waals surface area contributed by atoms with Gasteiger partial charge in [0.05, 0.1) is 10.6 Å². The van der Waals surface area contributed by atoms with E-state index >= 15 is 0 Å². The molecular weight excluding hydrogens is 260 g/mol. The van der Waals surface area contributed by atoms with Gasteiger partial charge in [-0.2, -0.15) is 0 Å². The van der Waals surface area contributed by atoms with Gasteiger partial charge >= 0.3 is 0 Å². The molecule has 0 amide bonds. The lowest BCUT2D eigenvalue weighted by molar-refractivity contribution is 0.383. The summed E-state index contributed by atoms with van der Waals surface area (Å²) in [6.45, 7) is 0. The fourth-order valence-electron chi connectivity index (χ4n) is 2.15. The second-order valence-electron chi connectivity index (χ2n) is 4.60. The first kappa shape index (κ1) is 12.4. The molecule has 3 rings (SSSR count). The third-order valence-corrected chi connectivity index (χ3v) is 4.95. The Labute approximate surface area is 112 Å². The number of hydrogen-bond donors (Lipinski definition) is 0. The molecule has 1 aliphatic heterocycles. The van der Waals surface area contributed by atoms with E-state index in [0.717, 1.165) is 5.56 Å². The summed E-state index contributed by atoms with van der Waals surface area (Å²) in [7, 11) is -3.26. The molecule has 0 aliphatic carbocycles. The first-order valence-electron chi connectivity index (χ1n) is 6.15. The molecule has 0 aromatic heterocycles. The van der Waals surface area contributed by atoms with Crippen LogP contribution in [0.25, 0.3) is 0 Å². The van der Waals surface area contributed by atoms with E-state index in [9.17, 15) is 8.42 Å². The lowest BCUT2D eigenvalue weighted by atomic mass is 10.1. The largest absolute Gasteiger partial charge is 0.363 e. The van der Waals surface area contributed by atoms with E-state index in [1.165, 1.54) is 0 Å². The molecule has 2 aromatic carbocycles. The van der Waals surface area contributed by atoms with Gasteiger partial charge in [0.2, 0.25) is 0 Å². The van der Waals surface area contributed by atoms with Crippen LogP contribution in [0.4, 0.5) is 0 Å². The van der Waals surface area contributed by atoms with Crippen molar-refractivity contribution in [1.29, 1.82) is 0 Å². The molecule has 2 aromatic rings. The van der Waals surface area contributed by atoms with Gasteiger partial charge in [0, 0.05) is 0 Å². The van der Waals surface area contributed by atoms with E-state index in [2.05, 4.69) is 0 Å². The summed E-state index contributed by atoms with van der Waals surface area (Å²) >= 11 is 0. The van der Waals surface area contributed by atoms with Gasteiger partial charge in [-0.1, -0.05) is 48.5 Å². The van der Waals surface area contributed by atoms with Crippen LogP contribution in [0.1, 0.15) is 11.7 Å². The van der Waals surface area contributed by atoms with Crippen molar-refractivity contribution in [1.82, 2.24) is 0 Å².